The summed E-state index contributed by atoms with van der Waals surface area (Å²) in [6.45, 7) is -0.276. The van der Waals surface area contributed by atoms with Crippen LogP contribution in [0.5, 0.6) is 0 Å². The van der Waals surface area contributed by atoms with Gasteiger partial charge in [0, 0.05) is 17.8 Å². The van der Waals surface area contributed by atoms with E-state index in [0.29, 0.717) is 11.3 Å². The number of hydrogen-bond acceptors (Lipinski definition) is 5. The number of rotatable bonds is 6. The topological polar surface area (TPSA) is 85.0 Å². The standard InChI is InChI=1S/C23H20F3N5O2/c24-16-3-1-4-17(25)15(16)12-31-19-5-8-30(22(33)14(19)10-28-31)20-9-21(27-11-18(20)26)29-23(13-32)6-2-7-23/h1,3-5,8-11,32H,2,6-7,12-13H2,(H,27,29). The van der Waals surface area contributed by atoms with Gasteiger partial charge in [0.2, 0.25) is 0 Å². The highest BCUT2D eigenvalue weighted by Crippen LogP contribution is 2.34. The van der Waals surface area contributed by atoms with Crippen LogP contribution in [0.4, 0.5) is 19.0 Å². The highest BCUT2D eigenvalue weighted by molar-refractivity contribution is 5.78. The van der Waals surface area contributed by atoms with Gasteiger partial charge < -0.3 is 10.4 Å². The van der Waals surface area contributed by atoms with Gasteiger partial charge in [-0.05, 0) is 37.5 Å². The molecule has 1 aromatic carbocycles. The fourth-order valence-corrected chi connectivity index (χ4v) is 4.11. The Hall–Kier alpha value is -3.66. The number of fused-ring (bicyclic) bond motifs is 1. The van der Waals surface area contributed by atoms with Crippen molar-refractivity contribution in [1.82, 2.24) is 19.3 Å². The molecule has 0 unspecified atom stereocenters. The van der Waals surface area contributed by atoms with Gasteiger partial charge in [0.15, 0.2) is 5.82 Å². The summed E-state index contributed by atoms with van der Waals surface area (Å²) in [4.78, 5) is 17.2. The summed E-state index contributed by atoms with van der Waals surface area (Å²) in [6, 6.07) is 6.53. The van der Waals surface area contributed by atoms with Gasteiger partial charge in [0.1, 0.15) is 17.5 Å². The molecule has 1 aliphatic rings. The van der Waals surface area contributed by atoms with Crippen LogP contribution >= 0.6 is 0 Å². The first-order valence-electron chi connectivity index (χ1n) is 10.5. The van der Waals surface area contributed by atoms with Crippen molar-refractivity contribution in [2.75, 3.05) is 11.9 Å². The molecule has 1 saturated carbocycles. The Morgan fingerprint density at radius 3 is 2.52 bits per heavy atom. The van der Waals surface area contributed by atoms with E-state index >= 15 is 0 Å². The molecule has 10 heteroatoms. The smallest absolute Gasteiger partial charge is 0.266 e. The van der Waals surface area contributed by atoms with E-state index in [0.717, 1.165) is 42.2 Å². The van der Waals surface area contributed by atoms with Crippen LogP contribution in [-0.4, -0.2) is 36.6 Å². The summed E-state index contributed by atoms with van der Waals surface area (Å²) in [5.74, 6) is -1.77. The first-order valence-corrected chi connectivity index (χ1v) is 10.5. The van der Waals surface area contributed by atoms with E-state index in [4.69, 9.17) is 0 Å². The third-order valence-electron chi connectivity index (χ3n) is 6.18. The lowest BCUT2D eigenvalue weighted by atomic mass is 9.77. The van der Waals surface area contributed by atoms with Crippen molar-refractivity contribution in [3.63, 3.8) is 0 Å². The maximum atomic E-state index is 14.6. The van der Waals surface area contributed by atoms with E-state index < -0.39 is 28.5 Å². The summed E-state index contributed by atoms with van der Waals surface area (Å²) >= 11 is 0. The lowest BCUT2D eigenvalue weighted by Gasteiger charge is -2.41. The lowest BCUT2D eigenvalue weighted by molar-refractivity contribution is 0.144. The van der Waals surface area contributed by atoms with E-state index in [1.54, 1.807) is 0 Å². The Labute approximate surface area is 186 Å². The highest BCUT2D eigenvalue weighted by atomic mass is 19.1. The Morgan fingerprint density at radius 2 is 1.85 bits per heavy atom. The number of hydrogen-bond donors (Lipinski definition) is 2. The molecule has 7 nitrogen and oxygen atoms in total. The number of nitrogens with one attached hydrogen (secondary N) is 1. The molecule has 0 amide bonds. The summed E-state index contributed by atoms with van der Waals surface area (Å²) in [5.41, 5.74) is -0.846. The second-order valence-electron chi connectivity index (χ2n) is 8.23. The molecule has 0 saturated heterocycles. The fraction of sp³-hybridized carbons (Fsp3) is 0.261. The fourth-order valence-electron chi connectivity index (χ4n) is 4.11. The molecule has 1 fully saturated rings. The van der Waals surface area contributed by atoms with E-state index in [-0.39, 0.29) is 29.8 Å². The third-order valence-corrected chi connectivity index (χ3v) is 6.18. The second-order valence-corrected chi connectivity index (χ2v) is 8.23. The molecule has 2 N–H and O–H groups in total. The first kappa shape index (κ1) is 21.2. The van der Waals surface area contributed by atoms with E-state index in [9.17, 15) is 23.1 Å². The number of anilines is 1. The number of halogens is 3. The molecule has 4 aromatic rings. The van der Waals surface area contributed by atoms with Gasteiger partial charge in [-0.25, -0.2) is 18.2 Å². The molecule has 170 valence electrons. The van der Waals surface area contributed by atoms with Crippen LogP contribution < -0.4 is 10.9 Å². The van der Waals surface area contributed by atoms with Gasteiger partial charge in [-0.2, -0.15) is 5.10 Å². The van der Waals surface area contributed by atoms with Crippen molar-refractivity contribution in [2.45, 2.75) is 31.3 Å². The minimum atomic E-state index is -0.710. The summed E-state index contributed by atoms with van der Waals surface area (Å²) < 4.78 is 45.2. The Bertz CT molecular complexity index is 1390. The van der Waals surface area contributed by atoms with Crippen molar-refractivity contribution in [3.05, 3.63) is 82.3 Å². The number of aliphatic hydroxyl groups is 1. The monoisotopic (exact) mass is 455 g/mol. The molecule has 0 bridgehead atoms. The molecule has 0 aliphatic heterocycles. The molecule has 3 heterocycles. The average molecular weight is 455 g/mol. The van der Waals surface area contributed by atoms with Gasteiger partial charge in [0.25, 0.3) is 5.56 Å². The minimum Gasteiger partial charge on any atom is -0.394 e. The SMILES string of the molecule is O=c1c2cnn(Cc3c(F)cccc3F)c2ccn1-c1cc(NC2(CO)CCC2)ncc1F. The third kappa shape index (κ3) is 3.66. The predicted octanol–water partition coefficient (Wildman–Crippen LogP) is 3.37. The van der Waals surface area contributed by atoms with Crippen LogP contribution in [0.2, 0.25) is 0 Å². The van der Waals surface area contributed by atoms with Crippen molar-refractivity contribution in [2.24, 2.45) is 0 Å². The van der Waals surface area contributed by atoms with Crippen molar-refractivity contribution in [3.8, 4) is 5.69 Å². The number of nitrogens with zero attached hydrogens (tertiary/aromatic N) is 4. The zero-order valence-electron chi connectivity index (χ0n) is 17.4. The molecular weight excluding hydrogens is 435 g/mol. The van der Waals surface area contributed by atoms with Crippen LogP contribution in [0.25, 0.3) is 16.6 Å². The molecule has 0 spiro atoms. The zero-order chi connectivity index (χ0) is 23.2. The zero-order valence-corrected chi connectivity index (χ0v) is 17.4. The van der Waals surface area contributed by atoms with Crippen LogP contribution in [0.1, 0.15) is 24.8 Å². The second kappa shape index (κ2) is 8.04. The normalized spacial score (nSPS) is 14.9. The van der Waals surface area contributed by atoms with Crippen molar-refractivity contribution < 1.29 is 18.3 Å². The van der Waals surface area contributed by atoms with Crippen LogP contribution in [0, 0.1) is 17.5 Å². The van der Waals surface area contributed by atoms with Gasteiger partial charge in [-0.15, -0.1) is 0 Å². The molecule has 3 aromatic heterocycles. The van der Waals surface area contributed by atoms with Gasteiger partial charge in [0.05, 0.1) is 47.7 Å². The maximum absolute atomic E-state index is 14.6. The number of pyridine rings is 2. The van der Waals surface area contributed by atoms with Gasteiger partial charge in [-0.3, -0.25) is 14.0 Å². The molecule has 1 aliphatic carbocycles. The quantitative estimate of drug-likeness (QED) is 0.466. The van der Waals surface area contributed by atoms with Crippen LogP contribution in [0.3, 0.4) is 0 Å². The lowest BCUT2D eigenvalue weighted by Crippen LogP contribution is -2.48. The average Bonchev–Trinajstić information content (AvgIpc) is 3.19. The number of aliphatic hydroxyl groups excluding tert-OH is 1. The highest BCUT2D eigenvalue weighted by Gasteiger charge is 2.36. The van der Waals surface area contributed by atoms with E-state index in [2.05, 4.69) is 15.4 Å². The Balaban J connectivity index is 1.52. The molecule has 0 radical (unpaired) electrons. The van der Waals surface area contributed by atoms with Crippen molar-refractivity contribution in [1.29, 1.82) is 0 Å². The Morgan fingerprint density at radius 1 is 1.09 bits per heavy atom. The number of aromatic nitrogens is 4. The van der Waals surface area contributed by atoms with Crippen molar-refractivity contribution >= 4 is 16.7 Å². The Kier molecular flexibility index (Phi) is 5.16. The molecule has 0 atom stereocenters. The molecular formula is C23H20F3N5O2. The molecule has 33 heavy (non-hydrogen) atoms. The maximum Gasteiger partial charge on any atom is 0.266 e. The van der Waals surface area contributed by atoms with E-state index in [1.165, 1.54) is 35.3 Å². The first-order chi connectivity index (χ1) is 15.9. The van der Waals surface area contributed by atoms with Gasteiger partial charge in [-0.1, -0.05) is 6.07 Å². The minimum absolute atomic E-state index is 0.0142. The molecule has 5 rings (SSSR count). The van der Waals surface area contributed by atoms with Crippen LogP contribution in [-0.2, 0) is 6.54 Å². The number of benzene rings is 1. The van der Waals surface area contributed by atoms with E-state index in [1.807, 2.05) is 0 Å². The summed E-state index contributed by atoms with van der Waals surface area (Å²) in [6.07, 6.45) is 6.20. The summed E-state index contributed by atoms with van der Waals surface area (Å²) in [7, 11) is 0. The summed E-state index contributed by atoms with van der Waals surface area (Å²) in [5, 5.41) is 17.1. The largest absolute Gasteiger partial charge is 0.394 e. The predicted molar refractivity (Wildman–Crippen MR) is 116 cm³/mol. The van der Waals surface area contributed by atoms with Gasteiger partial charge >= 0.3 is 0 Å². The van der Waals surface area contributed by atoms with Crippen LogP contribution in [0.15, 0.2) is 53.7 Å².